The van der Waals surface area contributed by atoms with Crippen LogP contribution in [0.1, 0.15) is 90.5 Å². The Bertz CT molecular complexity index is 1050. The Morgan fingerprint density at radius 1 is 1.15 bits per heavy atom. The molecule has 1 aliphatic carbocycles. The van der Waals surface area contributed by atoms with Crippen molar-refractivity contribution in [2.45, 2.75) is 96.7 Å². The summed E-state index contributed by atoms with van der Waals surface area (Å²) in [4.78, 5) is 14.4. The molecule has 220 valence electrons. The van der Waals surface area contributed by atoms with Gasteiger partial charge in [-0.15, -0.1) is 0 Å². The van der Waals surface area contributed by atoms with Crippen molar-refractivity contribution in [3.63, 3.8) is 0 Å². The van der Waals surface area contributed by atoms with E-state index < -0.39 is 23.1 Å². The predicted octanol–water partition coefficient (Wildman–Crippen LogP) is 7.18. The van der Waals surface area contributed by atoms with E-state index in [1.165, 1.54) is 0 Å². The Labute approximate surface area is 242 Å². The molecule has 1 heterocycles. The van der Waals surface area contributed by atoms with Crippen LogP contribution in [0.4, 0.5) is 0 Å². The second-order valence-electron chi connectivity index (χ2n) is 11.6. The summed E-state index contributed by atoms with van der Waals surface area (Å²) in [6, 6.07) is 10.1. The fourth-order valence-corrected chi connectivity index (χ4v) is 6.54. The molecule has 40 heavy (non-hydrogen) atoms. The lowest BCUT2D eigenvalue weighted by Crippen LogP contribution is -2.44. The monoisotopic (exact) mass is 549 g/mol. The highest BCUT2D eigenvalue weighted by atomic mass is 16.4. The van der Waals surface area contributed by atoms with Crippen molar-refractivity contribution < 1.29 is 20.1 Å². The molecule has 3 unspecified atom stereocenters. The van der Waals surface area contributed by atoms with Crippen LogP contribution in [0.5, 0.6) is 0 Å². The molecule has 1 aromatic carbocycles. The van der Waals surface area contributed by atoms with Gasteiger partial charge >= 0.3 is 5.97 Å². The van der Waals surface area contributed by atoms with E-state index in [1.807, 2.05) is 57.2 Å². The molecule has 1 fully saturated rings. The fraction of sp³-hybridized carbons (Fsp3) is 0.571. The smallest absolute Gasteiger partial charge is 0.309 e. The zero-order valence-corrected chi connectivity index (χ0v) is 24.9. The first-order valence-electron chi connectivity index (χ1n) is 15.4. The quantitative estimate of drug-likeness (QED) is 0.202. The van der Waals surface area contributed by atoms with Gasteiger partial charge in [0.05, 0.1) is 11.5 Å². The van der Waals surface area contributed by atoms with Crippen LogP contribution in [0.25, 0.3) is 0 Å². The van der Waals surface area contributed by atoms with Crippen molar-refractivity contribution in [1.29, 1.82) is 0 Å². The van der Waals surface area contributed by atoms with Gasteiger partial charge in [0.15, 0.2) is 0 Å². The number of aliphatic hydroxyl groups excluding tert-OH is 1. The molecule has 2 aliphatic rings. The fourth-order valence-electron chi connectivity index (χ4n) is 6.54. The second-order valence-corrected chi connectivity index (χ2v) is 11.6. The van der Waals surface area contributed by atoms with Crippen LogP contribution in [-0.4, -0.2) is 51.9 Å². The standard InChI is InChI=1S/C35H51NO4/c1-4-23-34(6-3,33(38)39)24-13-15-28(5-2)32(37)20-14-25-36-26-21-31(22-27-36)35(40,29-16-9-7-10-17-29)30-18-11-8-12-19-30/h5,7,9-11,13,15-19,31-32,37,40H,4,6,8,12,14,20-27H2,1-3H3,(H,38,39)/b15-13-,28-5+. The molecule has 0 radical (unpaired) electrons. The third-order valence-electron chi connectivity index (χ3n) is 9.18. The van der Waals surface area contributed by atoms with E-state index in [2.05, 4.69) is 35.3 Å². The number of carboxylic acids is 1. The number of carbonyl (C=O) groups is 1. The second kappa shape index (κ2) is 15.5. The lowest BCUT2D eigenvalue weighted by atomic mass is 9.70. The summed E-state index contributed by atoms with van der Waals surface area (Å²) in [6.45, 7) is 8.69. The van der Waals surface area contributed by atoms with Crippen LogP contribution in [0, 0.1) is 11.3 Å². The molecular weight excluding hydrogens is 498 g/mol. The average molecular weight is 550 g/mol. The molecule has 3 N–H and O–H groups in total. The predicted molar refractivity (Wildman–Crippen MR) is 164 cm³/mol. The van der Waals surface area contributed by atoms with Crippen molar-refractivity contribution in [2.24, 2.45) is 11.3 Å². The Kier molecular flexibility index (Phi) is 12.4. The first-order chi connectivity index (χ1) is 19.3. The summed E-state index contributed by atoms with van der Waals surface area (Å²) < 4.78 is 0. The maximum Gasteiger partial charge on any atom is 0.309 e. The van der Waals surface area contributed by atoms with Gasteiger partial charge in [0.25, 0.3) is 0 Å². The minimum absolute atomic E-state index is 0.166. The summed E-state index contributed by atoms with van der Waals surface area (Å²) in [5.41, 5.74) is 1.19. The molecule has 0 spiro atoms. The Balaban J connectivity index is 1.52. The molecule has 3 atom stereocenters. The molecular formula is C35H51NO4. The normalized spacial score (nSPS) is 21.1. The molecule has 1 aromatic rings. The van der Waals surface area contributed by atoms with Crippen LogP contribution in [0.3, 0.4) is 0 Å². The summed E-state index contributed by atoms with van der Waals surface area (Å²) in [6.07, 6.45) is 19.7. The van der Waals surface area contributed by atoms with E-state index in [0.717, 1.165) is 74.9 Å². The Hall–Kier alpha value is -2.47. The third kappa shape index (κ3) is 7.84. The van der Waals surface area contributed by atoms with E-state index >= 15 is 0 Å². The minimum atomic E-state index is -0.958. The largest absolute Gasteiger partial charge is 0.481 e. The Morgan fingerprint density at radius 3 is 2.45 bits per heavy atom. The van der Waals surface area contributed by atoms with Crippen molar-refractivity contribution in [1.82, 2.24) is 4.90 Å². The van der Waals surface area contributed by atoms with Gasteiger partial charge in [-0.1, -0.05) is 87.1 Å². The lowest BCUT2D eigenvalue weighted by Gasteiger charge is -2.43. The van der Waals surface area contributed by atoms with Gasteiger partial charge in [-0.3, -0.25) is 4.79 Å². The van der Waals surface area contributed by atoms with Crippen LogP contribution in [0.2, 0.25) is 0 Å². The van der Waals surface area contributed by atoms with E-state index in [9.17, 15) is 20.1 Å². The first-order valence-corrected chi connectivity index (χ1v) is 15.4. The van der Waals surface area contributed by atoms with E-state index in [1.54, 1.807) is 0 Å². The molecule has 0 amide bonds. The number of likely N-dealkylation sites (tertiary alicyclic amines) is 1. The number of rotatable bonds is 15. The molecule has 0 saturated carbocycles. The molecule has 3 rings (SSSR count). The average Bonchev–Trinajstić information content (AvgIpc) is 2.99. The Morgan fingerprint density at radius 2 is 1.88 bits per heavy atom. The number of carboxylic acid groups (broad SMARTS) is 1. The van der Waals surface area contributed by atoms with Crippen molar-refractivity contribution in [2.75, 3.05) is 19.6 Å². The number of aliphatic carboxylic acids is 1. The van der Waals surface area contributed by atoms with Crippen LogP contribution in [0.15, 0.2) is 77.9 Å². The first kappa shape index (κ1) is 32.0. The minimum Gasteiger partial charge on any atom is -0.481 e. The highest BCUT2D eigenvalue weighted by Crippen LogP contribution is 2.43. The number of allylic oxidation sites excluding steroid dienone is 4. The highest BCUT2D eigenvalue weighted by molar-refractivity contribution is 5.74. The van der Waals surface area contributed by atoms with E-state index in [-0.39, 0.29) is 5.92 Å². The topological polar surface area (TPSA) is 81.0 Å². The molecule has 0 bridgehead atoms. The van der Waals surface area contributed by atoms with Crippen molar-refractivity contribution in [3.8, 4) is 0 Å². The summed E-state index contributed by atoms with van der Waals surface area (Å²) in [7, 11) is 0. The van der Waals surface area contributed by atoms with Crippen molar-refractivity contribution in [3.05, 3.63) is 83.5 Å². The van der Waals surface area contributed by atoms with E-state index in [0.29, 0.717) is 25.7 Å². The van der Waals surface area contributed by atoms with Gasteiger partial charge in [-0.25, -0.2) is 0 Å². The van der Waals surface area contributed by atoms with Gasteiger partial charge in [0.2, 0.25) is 0 Å². The number of nitrogens with zero attached hydrogens (tertiary/aromatic N) is 1. The number of aliphatic hydroxyl groups is 2. The van der Waals surface area contributed by atoms with Crippen LogP contribution >= 0.6 is 0 Å². The number of hydrogen-bond donors (Lipinski definition) is 3. The van der Waals surface area contributed by atoms with Gasteiger partial charge in [-0.2, -0.15) is 0 Å². The SMILES string of the molecule is C/C=C(\C=C/CC(CC)(CCC)C(=O)O)C(O)CCCN1CCC(C(O)(C2=CCCC=C2)c2ccccc2)CC1. The maximum absolute atomic E-state index is 12.1. The molecule has 5 nitrogen and oxygen atoms in total. The zero-order chi connectivity index (χ0) is 29.0. The zero-order valence-electron chi connectivity index (χ0n) is 24.9. The molecule has 1 aliphatic heterocycles. The summed E-state index contributed by atoms with van der Waals surface area (Å²) >= 11 is 0. The lowest BCUT2D eigenvalue weighted by molar-refractivity contribution is -0.149. The third-order valence-corrected chi connectivity index (χ3v) is 9.18. The highest BCUT2D eigenvalue weighted by Gasteiger charge is 2.42. The molecule has 5 heteroatoms. The summed E-state index contributed by atoms with van der Waals surface area (Å²) in [5, 5.41) is 32.8. The summed E-state index contributed by atoms with van der Waals surface area (Å²) in [5.74, 6) is -0.568. The number of piperidine rings is 1. The molecule has 0 aromatic heterocycles. The van der Waals surface area contributed by atoms with Crippen LogP contribution in [-0.2, 0) is 10.4 Å². The van der Waals surface area contributed by atoms with Gasteiger partial charge < -0.3 is 20.2 Å². The van der Waals surface area contributed by atoms with E-state index in [4.69, 9.17) is 0 Å². The van der Waals surface area contributed by atoms with Gasteiger partial charge in [-0.05, 0) is 107 Å². The maximum atomic E-state index is 12.1. The van der Waals surface area contributed by atoms with Gasteiger partial charge in [0.1, 0.15) is 5.60 Å². The van der Waals surface area contributed by atoms with Crippen molar-refractivity contribution >= 4 is 5.97 Å². The van der Waals surface area contributed by atoms with Gasteiger partial charge in [0, 0.05) is 0 Å². The van der Waals surface area contributed by atoms with Crippen LogP contribution < -0.4 is 0 Å². The molecule has 1 saturated heterocycles. The number of benzene rings is 1. The number of hydrogen-bond acceptors (Lipinski definition) is 4.